The molecule has 0 N–H and O–H groups in total. The van der Waals surface area contributed by atoms with Crippen molar-refractivity contribution in [2.45, 2.75) is 6.92 Å². The van der Waals surface area contributed by atoms with Crippen molar-refractivity contribution in [1.29, 1.82) is 5.26 Å². The highest BCUT2D eigenvalue weighted by molar-refractivity contribution is 9.10. The first-order valence-electron chi connectivity index (χ1n) is 4.98. The lowest BCUT2D eigenvalue weighted by Gasteiger charge is -2.08. The zero-order valence-electron chi connectivity index (χ0n) is 9.62. The Morgan fingerprint density at radius 2 is 2.22 bits per heavy atom. The maximum absolute atomic E-state index is 8.84. The molecule has 92 valence electrons. The van der Waals surface area contributed by atoms with E-state index in [0.717, 1.165) is 5.56 Å². The summed E-state index contributed by atoms with van der Waals surface area (Å²) in [7, 11) is 1.56. The zero-order chi connectivity index (χ0) is 13.3. The fourth-order valence-electron chi connectivity index (χ4n) is 1.52. The monoisotopic (exact) mass is 326 g/mol. The number of aromatic nitrogens is 1. The largest absolute Gasteiger partial charge is 0.496 e. The van der Waals surface area contributed by atoms with Crippen LogP contribution in [0.5, 0.6) is 5.75 Å². The maximum atomic E-state index is 8.84. The Balaban J connectivity index is 2.67. The van der Waals surface area contributed by atoms with Crippen LogP contribution in [0.25, 0.3) is 11.3 Å². The van der Waals surface area contributed by atoms with Gasteiger partial charge in [-0.05, 0) is 40.5 Å². The molecule has 0 unspecified atom stereocenters. The predicted octanol–water partition coefficient (Wildman–Crippen LogP) is 3.95. The normalized spacial score (nSPS) is 10.2. The molecule has 0 aliphatic heterocycles. The Kier molecular flexibility index (Phi) is 3.60. The number of benzene rings is 1. The van der Waals surface area contributed by atoms with Crippen LogP contribution < -0.4 is 4.74 Å². The molecule has 0 fully saturated rings. The van der Waals surface area contributed by atoms with Crippen molar-refractivity contribution >= 4 is 27.5 Å². The van der Waals surface area contributed by atoms with Crippen molar-refractivity contribution in [2.24, 2.45) is 0 Å². The zero-order valence-corrected chi connectivity index (χ0v) is 12.0. The van der Waals surface area contributed by atoms with Crippen molar-refractivity contribution in [2.75, 3.05) is 7.11 Å². The lowest BCUT2D eigenvalue weighted by atomic mass is 10.1. The molecular weight excluding hydrogens is 320 g/mol. The van der Waals surface area contributed by atoms with E-state index >= 15 is 0 Å². The molecule has 0 amide bonds. The topological polar surface area (TPSA) is 59.1 Å². The summed E-state index contributed by atoms with van der Waals surface area (Å²) in [4.78, 5) is 0. The minimum Gasteiger partial charge on any atom is -0.496 e. The molecule has 0 atom stereocenters. The fourth-order valence-corrected chi connectivity index (χ4v) is 2.13. The van der Waals surface area contributed by atoms with Crippen molar-refractivity contribution < 1.29 is 9.26 Å². The van der Waals surface area contributed by atoms with Crippen LogP contribution in [0.2, 0.25) is 5.02 Å². The van der Waals surface area contributed by atoms with Crippen LogP contribution in [-0.4, -0.2) is 12.3 Å². The van der Waals surface area contributed by atoms with Gasteiger partial charge in [-0.15, -0.1) is 0 Å². The Morgan fingerprint density at radius 3 is 2.78 bits per heavy atom. The van der Waals surface area contributed by atoms with E-state index in [2.05, 4.69) is 21.1 Å². The molecule has 0 aliphatic rings. The predicted molar refractivity (Wildman–Crippen MR) is 70.7 cm³/mol. The first-order chi connectivity index (χ1) is 8.58. The second-order valence-electron chi connectivity index (χ2n) is 3.59. The molecule has 0 radical (unpaired) electrons. The van der Waals surface area contributed by atoms with Crippen molar-refractivity contribution in [3.63, 3.8) is 0 Å². The molecule has 0 bridgehead atoms. The average molecular weight is 328 g/mol. The quantitative estimate of drug-likeness (QED) is 0.838. The summed E-state index contributed by atoms with van der Waals surface area (Å²) in [5.41, 5.74) is 1.73. The lowest BCUT2D eigenvalue weighted by molar-refractivity contribution is 0.405. The molecule has 1 aromatic carbocycles. The van der Waals surface area contributed by atoms with Gasteiger partial charge in [-0.2, -0.15) is 5.26 Å². The van der Waals surface area contributed by atoms with E-state index in [1.807, 2.05) is 13.0 Å². The molecule has 6 heteroatoms. The maximum Gasteiger partial charge on any atom is 0.198 e. The van der Waals surface area contributed by atoms with Crippen molar-refractivity contribution in [1.82, 2.24) is 5.16 Å². The number of hydrogen-bond acceptors (Lipinski definition) is 4. The number of hydrogen-bond donors (Lipinski definition) is 0. The van der Waals surface area contributed by atoms with Gasteiger partial charge in [0.2, 0.25) is 0 Å². The highest BCUT2D eigenvalue weighted by atomic mass is 79.9. The summed E-state index contributed by atoms with van der Waals surface area (Å²) in [6.45, 7) is 1.88. The minimum absolute atomic E-state index is 0.184. The van der Waals surface area contributed by atoms with Gasteiger partial charge >= 0.3 is 0 Å². The van der Waals surface area contributed by atoms with E-state index in [-0.39, 0.29) is 5.69 Å². The van der Waals surface area contributed by atoms with Crippen molar-refractivity contribution in [3.8, 4) is 23.1 Å². The van der Waals surface area contributed by atoms with Crippen molar-refractivity contribution in [3.05, 3.63) is 32.9 Å². The Labute approximate surface area is 117 Å². The van der Waals surface area contributed by atoms with Crippen LogP contribution in [-0.2, 0) is 0 Å². The number of nitrogens with zero attached hydrogens (tertiary/aromatic N) is 2. The van der Waals surface area contributed by atoms with Gasteiger partial charge in [0.1, 0.15) is 16.3 Å². The van der Waals surface area contributed by atoms with E-state index in [1.165, 1.54) is 0 Å². The molecule has 0 spiro atoms. The molecule has 18 heavy (non-hydrogen) atoms. The molecule has 2 rings (SSSR count). The summed E-state index contributed by atoms with van der Waals surface area (Å²) < 4.78 is 10.9. The van der Waals surface area contributed by atoms with E-state index in [1.54, 1.807) is 19.2 Å². The number of halogens is 2. The van der Waals surface area contributed by atoms with E-state index in [4.69, 9.17) is 26.1 Å². The molecule has 1 aromatic heterocycles. The van der Waals surface area contributed by atoms with Gasteiger partial charge in [0.25, 0.3) is 0 Å². The van der Waals surface area contributed by atoms with E-state index in [0.29, 0.717) is 26.6 Å². The van der Waals surface area contributed by atoms with Gasteiger partial charge in [-0.3, -0.25) is 0 Å². The third kappa shape index (κ3) is 2.09. The molecular formula is C12H8BrClN2O2. The summed E-state index contributed by atoms with van der Waals surface area (Å²) in [6, 6.07) is 5.45. The molecule has 0 saturated heterocycles. The SMILES string of the molecule is COc1cc(C)c(Cl)cc1-c1onc(C#N)c1Br. The Morgan fingerprint density at radius 1 is 1.50 bits per heavy atom. The molecule has 0 aliphatic carbocycles. The third-order valence-electron chi connectivity index (χ3n) is 2.47. The van der Waals surface area contributed by atoms with Gasteiger partial charge in [-0.25, -0.2) is 0 Å². The standard InChI is InChI=1S/C12H8BrClN2O2/c1-6-3-10(17-2)7(4-8(6)14)12-11(13)9(5-15)16-18-12/h3-4H,1-2H3. The molecule has 1 heterocycles. The van der Waals surface area contributed by atoms with Crippen LogP contribution in [0.15, 0.2) is 21.1 Å². The summed E-state index contributed by atoms with van der Waals surface area (Å²) in [5, 5.41) is 13.1. The van der Waals surface area contributed by atoms with E-state index in [9.17, 15) is 0 Å². The number of nitriles is 1. The summed E-state index contributed by atoms with van der Waals surface area (Å²) >= 11 is 9.36. The summed E-state index contributed by atoms with van der Waals surface area (Å²) in [6.07, 6.45) is 0. The fraction of sp³-hybridized carbons (Fsp3) is 0.167. The molecule has 2 aromatic rings. The van der Waals surface area contributed by atoms with E-state index < -0.39 is 0 Å². The van der Waals surface area contributed by atoms with Crippen LogP contribution in [0.3, 0.4) is 0 Å². The van der Waals surface area contributed by atoms with Gasteiger partial charge in [-0.1, -0.05) is 16.8 Å². The number of aryl methyl sites for hydroxylation is 1. The lowest BCUT2D eigenvalue weighted by Crippen LogP contribution is -1.89. The second kappa shape index (κ2) is 5.01. The van der Waals surface area contributed by atoms with Crippen LogP contribution in [0.1, 0.15) is 11.3 Å². The number of rotatable bonds is 2. The molecule has 0 saturated carbocycles. The summed E-state index contributed by atoms with van der Waals surface area (Å²) in [5.74, 6) is 1.03. The van der Waals surface area contributed by atoms with Gasteiger partial charge in [0, 0.05) is 5.02 Å². The van der Waals surface area contributed by atoms with Gasteiger partial charge in [0.15, 0.2) is 11.5 Å². The number of methoxy groups -OCH3 is 1. The number of ether oxygens (including phenoxy) is 1. The first-order valence-corrected chi connectivity index (χ1v) is 6.15. The van der Waals surface area contributed by atoms with Gasteiger partial charge < -0.3 is 9.26 Å². The average Bonchev–Trinajstić information content (AvgIpc) is 2.73. The third-order valence-corrected chi connectivity index (χ3v) is 3.61. The smallest absolute Gasteiger partial charge is 0.198 e. The first kappa shape index (κ1) is 12.9. The minimum atomic E-state index is 0.184. The Hall–Kier alpha value is -1.51. The van der Waals surface area contributed by atoms with Crippen LogP contribution in [0.4, 0.5) is 0 Å². The highest BCUT2D eigenvalue weighted by Gasteiger charge is 2.19. The van der Waals surface area contributed by atoms with Crippen LogP contribution in [0, 0.1) is 18.3 Å². The highest BCUT2D eigenvalue weighted by Crippen LogP contribution is 2.39. The Bertz CT molecular complexity index is 646. The second-order valence-corrected chi connectivity index (χ2v) is 4.79. The molecule has 4 nitrogen and oxygen atoms in total. The van der Waals surface area contributed by atoms with Crippen LogP contribution >= 0.6 is 27.5 Å². The van der Waals surface area contributed by atoms with Gasteiger partial charge in [0.05, 0.1) is 12.7 Å².